The molecule has 0 heterocycles. The number of amides is 2. The van der Waals surface area contributed by atoms with Crippen molar-refractivity contribution in [3.8, 4) is 0 Å². The summed E-state index contributed by atoms with van der Waals surface area (Å²) >= 11 is 0. The highest BCUT2D eigenvalue weighted by Gasteiger charge is 2.14. The van der Waals surface area contributed by atoms with Gasteiger partial charge >= 0.3 is 0 Å². The van der Waals surface area contributed by atoms with Crippen molar-refractivity contribution in [1.29, 1.82) is 0 Å². The fourth-order valence-electron chi connectivity index (χ4n) is 1.65. The van der Waals surface area contributed by atoms with E-state index >= 15 is 0 Å². The van der Waals surface area contributed by atoms with E-state index in [1.807, 2.05) is 13.8 Å². The van der Waals surface area contributed by atoms with Crippen LogP contribution in [0.1, 0.15) is 30.6 Å². The van der Waals surface area contributed by atoms with Gasteiger partial charge < -0.3 is 16.4 Å². The van der Waals surface area contributed by atoms with Crippen LogP contribution < -0.4 is 16.4 Å². The van der Waals surface area contributed by atoms with Crippen molar-refractivity contribution in [2.45, 2.75) is 26.3 Å². The number of hydrogen-bond acceptors (Lipinski definition) is 5. The van der Waals surface area contributed by atoms with Gasteiger partial charge in [0, 0.05) is 30.6 Å². The first kappa shape index (κ1) is 16.4. The van der Waals surface area contributed by atoms with E-state index < -0.39 is 10.8 Å². The lowest BCUT2D eigenvalue weighted by Crippen LogP contribution is -2.34. The van der Waals surface area contributed by atoms with Gasteiger partial charge in [0.2, 0.25) is 5.91 Å². The average Bonchev–Trinajstić information content (AvgIpc) is 2.36. The van der Waals surface area contributed by atoms with Gasteiger partial charge in [-0.05, 0) is 26.0 Å². The van der Waals surface area contributed by atoms with Crippen LogP contribution in [-0.2, 0) is 4.79 Å². The van der Waals surface area contributed by atoms with Crippen molar-refractivity contribution in [3.05, 3.63) is 33.9 Å². The zero-order valence-electron chi connectivity index (χ0n) is 11.9. The Balaban J connectivity index is 2.55. The van der Waals surface area contributed by atoms with Crippen molar-refractivity contribution in [2.75, 3.05) is 12.3 Å². The number of nitro benzene ring substituents is 1. The number of rotatable bonds is 6. The quantitative estimate of drug-likeness (QED) is 0.406. The van der Waals surface area contributed by atoms with E-state index in [9.17, 15) is 19.7 Å². The predicted octanol–water partition coefficient (Wildman–Crippen LogP) is 0.821. The third-order valence-electron chi connectivity index (χ3n) is 2.57. The number of benzene rings is 1. The molecule has 0 unspecified atom stereocenters. The van der Waals surface area contributed by atoms with Gasteiger partial charge in [0.05, 0.1) is 4.92 Å². The number of nitrogens with one attached hydrogen (secondary N) is 2. The average molecular weight is 294 g/mol. The molecule has 1 aromatic carbocycles. The molecule has 0 aromatic heterocycles. The monoisotopic (exact) mass is 294 g/mol. The third-order valence-corrected chi connectivity index (χ3v) is 2.57. The number of nitrogens with two attached hydrogens (primary N) is 1. The lowest BCUT2D eigenvalue weighted by molar-refractivity contribution is -0.383. The summed E-state index contributed by atoms with van der Waals surface area (Å²) in [5.74, 6) is -0.595. The Kier molecular flexibility index (Phi) is 5.65. The molecular formula is C13H18N4O4. The topological polar surface area (TPSA) is 127 Å². The number of anilines is 1. The smallest absolute Gasteiger partial charge is 0.292 e. The van der Waals surface area contributed by atoms with Crippen molar-refractivity contribution in [2.24, 2.45) is 0 Å². The van der Waals surface area contributed by atoms with Crippen LogP contribution in [0.2, 0.25) is 0 Å². The molecule has 114 valence electrons. The zero-order valence-corrected chi connectivity index (χ0v) is 11.9. The number of carbonyl (C=O) groups is 2. The minimum Gasteiger partial charge on any atom is -0.393 e. The van der Waals surface area contributed by atoms with Crippen LogP contribution in [0.3, 0.4) is 0 Å². The van der Waals surface area contributed by atoms with Gasteiger partial charge in [-0.25, -0.2) is 0 Å². The van der Waals surface area contributed by atoms with Crippen LogP contribution in [0.5, 0.6) is 0 Å². The highest BCUT2D eigenvalue weighted by Crippen LogP contribution is 2.21. The van der Waals surface area contributed by atoms with Gasteiger partial charge in [0.25, 0.3) is 11.6 Å². The Morgan fingerprint density at radius 2 is 2.05 bits per heavy atom. The van der Waals surface area contributed by atoms with Crippen LogP contribution in [0, 0.1) is 10.1 Å². The molecule has 1 rings (SSSR count). The van der Waals surface area contributed by atoms with Gasteiger partial charge in [-0.15, -0.1) is 0 Å². The highest BCUT2D eigenvalue weighted by atomic mass is 16.6. The lowest BCUT2D eigenvalue weighted by Gasteiger charge is -2.09. The molecule has 0 saturated heterocycles. The van der Waals surface area contributed by atoms with Gasteiger partial charge in [0.1, 0.15) is 5.69 Å². The third kappa shape index (κ3) is 5.09. The van der Waals surface area contributed by atoms with E-state index in [-0.39, 0.29) is 41.9 Å². The summed E-state index contributed by atoms with van der Waals surface area (Å²) in [5, 5.41) is 15.9. The number of nitrogen functional groups attached to an aromatic ring is 1. The number of nitrogens with zero attached hydrogens (tertiary/aromatic N) is 1. The molecule has 8 heteroatoms. The van der Waals surface area contributed by atoms with Gasteiger partial charge in [-0.2, -0.15) is 0 Å². The molecule has 8 nitrogen and oxygen atoms in total. The van der Waals surface area contributed by atoms with Crippen molar-refractivity contribution >= 4 is 23.2 Å². The molecule has 0 bridgehead atoms. The standard InChI is InChI=1S/C13H18N4O4/c1-8(2)16-12(18)5-6-15-13(19)9-3-4-11(17(20)21)10(14)7-9/h3-4,7-8H,5-6,14H2,1-2H3,(H,15,19)(H,16,18). The highest BCUT2D eigenvalue weighted by molar-refractivity contribution is 5.95. The second-order valence-corrected chi connectivity index (χ2v) is 4.76. The molecule has 21 heavy (non-hydrogen) atoms. The van der Waals surface area contributed by atoms with Crippen LogP contribution in [-0.4, -0.2) is 29.3 Å². The molecule has 4 N–H and O–H groups in total. The van der Waals surface area contributed by atoms with Crippen LogP contribution in [0.4, 0.5) is 11.4 Å². The molecule has 0 atom stereocenters. The Labute approximate surface area is 121 Å². The Morgan fingerprint density at radius 1 is 1.38 bits per heavy atom. The maximum absolute atomic E-state index is 11.8. The van der Waals surface area contributed by atoms with E-state index in [1.165, 1.54) is 18.2 Å². The first-order chi connectivity index (χ1) is 9.81. The molecule has 0 spiro atoms. The Hall–Kier alpha value is -2.64. The summed E-state index contributed by atoms with van der Waals surface area (Å²) in [7, 11) is 0. The molecule has 0 saturated carbocycles. The fourth-order valence-corrected chi connectivity index (χ4v) is 1.65. The summed E-state index contributed by atoms with van der Waals surface area (Å²) in [4.78, 5) is 33.2. The molecule has 0 fully saturated rings. The normalized spacial score (nSPS) is 10.2. The zero-order chi connectivity index (χ0) is 16.0. The summed E-state index contributed by atoms with van der Waals surface area (Å²) in [6.45, 7) is 3.86. The summed E-state index contributed by atoms with van der Waals surface area (Å²) in [6, 6.07) is 3.78. The first-order valence-corrected chi connectivity index (χ1v) is 6.42. The Morgan fingerprint density at radius 3 is 2.57 bits per heavy atom. The summed E-state index contributed by atoms with van der Waals surface area (Å²) < 4.78 is 0. The minimum absolute atomic E-state index is 0.0441. The molecule has 0 aliphatic carbocycles. The van der Waals surface area contributed by atoms with Gasteiger partial charge in [-0.1, -0.05) is 0 Å². The SMILES string of the molecule is CC(C)NC(=O)CCNC(=O)c1ccc([N+](=O)[O-])c(N)c1. The van der Waals surface area contributed by atoms with Crippen molar-refractivity contribution < 1.29 is 14.5 Å². The molecular weight excluding hydrogens is 276 g/mol. The minimum atomic E-state index is -0.618. The van der Waals surface area contributed by atoms with Gasteiger partial charge in [0.15, 0.2) is 0 Å². The molecule has 0 radical (unpaired) electrons. The van der Waals surface area contributed by atoms with E-state index in [4.69, 9.17) is 5.73 Å². The molecule has 2 amide bonds. The number of hydrogen-bond donors (Lipinski definition) is 3. The summed E-state index contributed by atoms with van der Waals surface area (Å²) in [5.41, 5.74) is 5.39. The maximum atomic E-state index is 11.8. The van der Waals surface area contributed by atoms with Crippen LogP contribution in [0.15, 0.2) is 18.2 Å². The van der Waals surface area contributed by atoms with Gasteiger partial charge in [-0.3, -0.25) is 19.7 Å². The molecule has 1 aromatic rings. The second-order valence-electron chi connectivity index (χ2n) is 4.76. The van der Waals surface area contributed by atoms with Crippen LogP contribution >= 0.6 is 0 Å². The lowest BCUT2D eigenvalue weighted by atomic mass is 10.1. The van der Waals surface area contributed by atoms with E-state index in [1.54, 1.807) is 0 Å². The first-order valence-electron chi connectivity index (χ1n) is 6.42. The summed E-state index contributed by atoms with van der Waals surface area (Å²) in [6.07, 6.45) is 0.159. The number of nitro groups is 1. The largest absolute Gasteiger partial charge is 0.393 e. The van der Waals surface area contributed by atoms with E-state index in [0.29, 0.717) is 0 Å². The molecule has 0 aliphatic heterocycles. The fraction of sp³-hybridized carbons (Fsp3) is 0.385. The number of carbonyl (C=O) groups excluding carboxylic acids is 2. The van der Waals surface area contributed by atoms with Crippen LogP contribution in [0.25, 0.3) is 0 Å². The van der Waals surface area contributed by atoms with E-state index in [0.717, 1.165) is 0 Å². The Bertz CT molecular complexity index is 557. The predicted molar refractivity (Wildman–Crippen MR) is 77.7 cm³/mol. The second kappa shape index (κ2) is 7.22. The van der Waals surface area contributed by atoms with Crippen molar-refractivity contribution in [3.63, 3.8) is 0 Å². The van der Waals surface area contributed by atoms with Crippen molar-refractivity contribution in [1.82, 2.24) is 10.6 Å². The van der Waals surface area contributed by atoms with E-state index in [2.05, 4.69) is 10.6 Å². The maximum Gasteiger partial charge on any atom is 0.292 e. The molecule has 0 aliphatic rings.